The summed E-state index contributed by atoms with van der Waals surface area (Å²) in [5.74, 6) is -2.67. The first-order valence-electron chi connectivity index (χ1n) is 18.6. The third kappa shape index (κ3) is 11.4. The van der Waals surface area contributed by atoms with Gasteiger partial charge in [-0.25, -0.2) is 0 Å². The molecule has 2 rings (SSSR count). The van der Waals surface area contributed by atoms with Crippen molar-refractivity contribution in [1.29, 1.82) is 0 Å². The fourth-order valence-electron chi connectivity index (χ4n) is 7.40. The highest BCUT2D eigenvalue weighted by Crippen LogP contribution is 2.33. The molecule has 0 aromatic heterocycles. The third-order valence-electron chi connectivity index (χ3n) is 11.4. The van der Waals surface area contributed by atoms with Crippen molar-refractivity contribution in [1.82, 2.24) is 15.1 Å². The summed E-state index contributed by atoms with van der Waals surface area (Å²) in [6.45, 7) is 14.8. The van der Waals surface area contributed by atoms with Gasteiger partial charge in [-0.15, -0.1) is 0 Å². The van der Waals surface area contributed by atoms with Crippen LogP contribution in [0.2, 0.25) is 0 Å². The van der Waals surface area contributed by atoms with E-state index in [1.807, 2.05) is 58.0 Å². The van der Waals surface area contributed by atoms with E-state index in [1.165, 1.54) is 21.0 Å². The number of benzene rings is 1. The van der Waals surface area contributed by atoms with Gasteiger partial charge in [0, 0.05) is 46.6 Å². The number of methoxy groups -OCH3 is 2. The lowest BCUT2D eigenvalue weighted by Crippen LogP contribution is -2.56. The number of carbonyl (C=O) groups excluding carboxylic acids is 4. The Kier molecular flexibility index (Phi) is 16.9. The number of ether oxygens (including phenoxy) is 2. The molecule has 1 aromatic carbocycles. The van der Waals surface area contributed by atoms with Gasteiger partial charge in [-0.05, 0) is 65.0 Å². The molecule has 0 radical (unpaired) electrons. The van der Waals surface area contributed by atoms with Crippen molar-refractivity contribution in [3.8, 4) is 0 Å². The van der Waals surface area contributed by atoms with Gasteiger partial charge in [-0.3, -0.25) is 19.2 Å². The molecule has 0 aliphatic carbocycles. The quantitative estimate of drug-likeness (QED) is 0.166. The molecule has 9 atom stereocenters. The highest BCUT2D eigenvalue weighted by molar-refractivity contribution is 5.92. The van der Waals surface area contributed by atoms with Crippen molar-refractivity contribution in [2.24, 2.45) is 23.7 Å². The van der Waals surface area contributed by atoms with Crippen LogP contribution in [0.3, 0.4) is 0 Å². The summed E-state index contributed by atoms with van der Waals surface area (Å²) in [4.78, 5) is 58.4. The molecular weight excluding hydrogens is 650 g/mol. The SMILES string of the molecule is CC[C@H](C)[C@@H]([C@@H](CC(=O)N1CCC[C@H]1[C@H](OC)[C@@H](C)C(=O)C[C@H](C)[C@@H](O)c1ccccc1)OC)N(C)C(=O)[C@@H](CC(=O)C(C)(C)NC)C(C)(C)O. The fraction of sp³-hybridized carbons (Fsp3) is 0.750. The van der Waals surface area contributed by atoms with Crippen LogP contribution >= 0.6 is 0 Å². The first-order valence-corrected chi connectivity index (χ1v) is 18.6. The maximum Gasteiger partial charge on any atom is 0.229 e. The van der Waals surface area contributed by atoms with Gasteiger partial charge >= 0.3 is 0 Å². The lowest BCUT2D eigenvalue weighted by atomic mass is 9.80. The van der Waals surface area contributed by atoms with E-state index in [0.717, 1.165) is 12.0 Å². The summed E-state index contributed by atoms with van der Waals surface area (Å²) in [6, 6.07) is 8.45. The Morgan fingerprint density at radius 1 is 0.980 bits per heavy atom. The molecule has 51 heavy (non-hydrogen) atoms. The summed E-state index contributed by atoms with van der Waals surface area (Å²) in [7, 11) is 6.44. The Hall–Kier alpha value is -2.70. The molecule has 11 nitrogen and oxygen atoms in total. The fourth-order valence-corrected chi connectivity index (χ4v) is 7.40. The Bertz CT molecular complexity index is 1280. The number of nitrogens with zero attached hydrogens (tertiary/aromatic N) is 2. The van der Waals surface area contributed by atoms with Crippen molar-refractivity contribution >= 4 is 23.4 Å². The lowest BCUT2D eigenvalue weighted by molar-refractivity contribution is -0.154. The predicted octanol–water partition coefficient (Wildman–Crippen LogP) is 4.58. The van der Waals surface area contributed by atoms with Gasteiger partial charge in [0.05, 0.1) is 53.9 Å². The van der Waals surface area contributed by atoms with Crippen LogP contribution in [0.5, 0.6) is 0 Å². The van der Waals surface area contributed by atoms with Crippen molar-refractivity contribution in [2.75, 3.05) is 34.9 Å². The van der Waals surface area contributed by atoms with Crippen molar-refractivity contribution < 1.29 is 38.9 Å². The molecule has 1 aliphatic heterocycles. The Balaban J connectivity index is 2.27. The van der Waals surface area contributed by atoms with Gasteiger partial charge in [-0.1, -0.05) is 64.4 Å². The van der Waals surface area contributed by atoms with Crippen molar-refractivity contribution in [2.45, 2.75) is 135 Å². The number of aliphatic hydroxyl groups is 2. The Labute approximate surface area is 306 Å². The second-order valence-corrected chi connectivity index (χ2v) is 15.8. The van der Waals surface area contributed by atoms with Gasteiger partial charge in [0.15, 0.2) is 5.78 Å². The molecule has 1 aliphatic rings. The predicted molar refractivity (Wildman–Crippen MR) is 199 cm³/mol. The Morgan fingerprint density at radius 3 is 2.10 bits per heavy atom. The van der Waals surface area contributed by atoms with Gasteiger partial charge in [0.25, 0.3) is 0 Å². The van der Waals surface area contributed by atoms with Crippen LogP contribution < -0.4 is 5.32 Å². The molecule has 0 spiro atoms. The van der Waals surface area contributed by atoms with E-state index in [0.29, 0.717) is 19.4 Å². The first kappa shape index (κ1) is 44.5. The smallest absolute Gasteiger partial charge is 0.229 e. The number of hydrogen-bond donors (Lipinski definition) is 3. The largest absolute Gasteiger partial charge is 0.390 e. The zero-order valence-corrected chi connectivity index (χ0v) is 33.3. The molecule has 1 saturated heterocycles. The second-order valence-electron chi connectivity index (χ2n) is 15.8. The van der Waals surface area contributed by atoms with Crippen LogP contribution in [0.15, 0.2) is 30.3 Å². The normalized spacial score (nSPS) is 20.1. The highest BCUT2D eigenvalue weighted by Gasteiger charge is 2.45. The van der Waals surface area contributed by atoms with Gasteiger partial charge in [0.2, 0.25) is 11.8 Å². The van der Waals surface area contributed by atoms with E-state index < -0.39 is 47.3 Å². The average molecular weight is 718 g/mol. The van der Waals surface area contributed by atoms with Crippen LogP contribution in [0, 0.1) is 23.7 Å². The third-order valence-corrected chi connectivity index (χ3v) is 11.4. The average Bonchev–Trinajstić information content (AvgIpc) is 3.58. The molecule has 0 saturated carbocycles. The van der Waals surface area contributed by atoms with Crippen LogP contribution in [0.4, 0.5) is 0 Å². The molecule has 1 heterocycles. The number of ketones is 2. The van der Waals surface area contributed by atoms with Crippen LogP contribution in [0.1, 0.15) is 106 Å². The number of likely N-dealkylation sites (N-methyl/N-ethyl adjacent to an activating group) is 2. The van der Waals surface area contributed by atoms with Crippen LogP contribution in [0.25, 0.3) is 0 Å². The number of likely N-dealkylation sites (tertiary alicyclic amines) is 1. The minimum Gasteiger partial charge on any atom is -0.390 e. The number of nitrogens with one attached hydrogen (secondary N) is 1. The van der Waals surface area contributed by atoms with E-state index >= 15 is 0 Å². The molecule has 2 amide bonds. The molecule has 0 unspecified atom stereocenters. The number of hydrogen-bond acceptors (Lipinski definition) is 9. The van der Waals surface area contributed by atoms with Crippen LogP contribution in [-0.2, 0) is 28.7 Å². The topological polar surface area (TPSA) is 146 Å². The molecule has 1 aromatic rings. The zero-order valence-electron chi connectivity index (χ0n) is 33.3. The standard InChI is InChI=1S/C40H67N3O8/c1-13-25(2)35(42(10)38(48)29(40(7,8)49)23-33(45)39(5,6)41-9)32(50-11)24-34(46)43-21-17-20-30(43)37(51-12)27(4)31(44)22-26(3)36(47)28-18-15-14-16-19-28/h14-16,18-19,25-27,29-30,32,35-37,41,47,49H,13,17,20-24H2,1-12H3/t25-,26-,27-,29+,30-,32+,35-,36+,37+/m0/s1. The van der Waals surface area contributed by atoms with E-state index in [1.54, 1.807) is 44.9 Å². The second kappa shape index (κ2) is 19.4. The van der Waals surface area contributed by atoms with E-state index in [2.05, 4.69) is 5.32 Å². The van der Waals surface area contributed by atoms with Gasteiger partial charge in [-0.2, -0.15) is 0 Å². The summed E-state index contributed by atoms with van der Waals surface area (Å²) in [6.07, 6.45) is 0.170. The van der Waals surface area contributed by atoms with E-state index in [9.17, 15) is 29.4 Å². The molecule has 1 fully saturated rings. The van der Waals surface area contributed by atoms with Crippen molar-refractivity contribution in [3.63, 3.8) is 0 Å². The summed E-state index contributed by atoms with van der Waals surface area (Å²) in [5, 5.41) is 25.0. The number of Topliss-reactive ketones (excluding diaryl/α,β-unsaturated/α-hetero) is 2. The number of amides is 2. The minimum atomic E-state index is -1.48. The van der Waals surface area contributed by atoms with Crippen LogP contribution in [-0.4, -0.2) is 114 Å². The molecule has 11 heteroatoms. The maximum absolute atomic E-state index is 14.2. The summed E-state index contributed by atoms with van der Waals surface area (Å²) < 4.78 is 11.9. The van der Waals surface area contributed by atoms with E-state index in [4.69, 9.17) is 9.47 Å². The monoisotopic (exact) mass is 717 g/mol. The highest BCUT2D eigenvalue weighted by atomic mass is 16.5. The molecule has 3 N–H and O–H groups in total. The number of carbonyl (C=O) groups is 4. The summed E-state index contributed by atoms with van der Waals surface area (Å²) in [5.41, 5.74) is -1.60. The van der Waals surface area contributed by atoms with E-state index in [-0.39, 0.29) is 60.5 Å². The summed E-state index contributed by atoms with van der Waals surface area (Å²) >= 11 is 0. The van der Waals surface area contributed by atoms with Gasteiger partial charge in [0.1, 0.15) is 5.78 Å². The zero-order chi connectivity index (χ0) is 38.8. The maximum atomic E-state index is 14.2. The molecule has 0 bridgehead atoms. The number of aliphatic hydroxyl groups excluding tert-OH is 1. The minimum absolute atomic E-state index is 0.00239. The molecule has 290 valence electrons. The van der Waals surface area contributed by atoms with Gasteiger partial charge < -0.3 is 34.8 Å². The lowest BCUT2D eigenvalue weighted by Gasteiger charge is -2.42. The number of rotatable bonds is 21. The molecular formula is C40H67N3O8. The Morgan fingerprint density at radius 2 is 1.59 bits per heavy atom. The van der Waals surface area contributed by atoms with Crippen molar-refractivity contribution in [3.05, 3.63) is 35.9 Å². The first-order chi connectivity index (χ1) is 23.8.